The highest BCUT2D eigenvalue weighted by atomic mass is 127. The van der Waals surface area contributed by atoms with E-state index in [1.165, 1.54) is 9.18 Å². The molecule has 0 saturated carbocycles. The standard InChI is InChI=1S/C20H28N4O3S2.HI/c1-21-20(22-9-8-19-7-4-14-28-19)23-15-17-5-2-3-6-18(17)16-29(25,26)24-10-12-27-13-11-24;/h2-7,14H,8-13,15-16H2,1H3,(H2,21,22,23);1H. The fourth-order valence-corrected chi connectivity index (χ4v) is 5.41. The second kappa shape index (κ2) is 12.6. The summed E-state index contributed by atoms with van der Waals surface area (Å²) in [6, 6.07) is 11.8. The van der Waals surface area contributed by atoms with Gasteiger partial charge in [-0.2, -0.15) is 4.31 Å². The zero-order valence-electron chi connectivity index (χ0n) is 17.0. The van der Waals surface area contributed by atoms with Gasteiger partial charge in [0.25, 0.3) is 0 Å². The van der Waals surface area contributed by atoms with E-state index in [4.69, 9.17) is 4.74 Å². The summed E-state index contributed by atoms with van der Waals surface area (Å²) in [4.78, 5) is 5.58. The number of benzene rings is 1. The van der Waals surface area contributed by atoms with E-state index in [-0.39, 0.29) is 29.7 Å². The van der Waals surface area contributed by atoms with Crippen molar-refractivity contribution in [1.82, 2.24) is 14.9 Å². The Bertz CT molecular complexity index is 899. The monoisotopic (exact) mass is 564 g/mol. The highest BCUT2D eigenvalue weighted by Gasteiger charge is 2.25. The Morgan fingerprint density at radius 3 is 2.53 bits per heavy atom. The van der Waals surface area contributed by atoms with Gasteiger partial charge in [0.1, 0.15) is 0 Å². The minimum absolute atomic E-state index is 0. The third kappa shape index (κ3) is 7.49. The predicted molar refractivity (Wildman–Crippen MR) is 133 cm³/mol. The van der Waals surface area contributed by atoms with E-state index in [0.717, 1.165) is 24.1 Å². The molecule has 0 bridgehead atoms. The number of nitrogens with zero attached hydrogens (tertiary/aromatic N) is 2. The first-order chi connectivity index (χ1) is 14.1. The molecule has 1 aliphatic rings. The average Bonchev–Trinajstić information content (AvgIpc) is 3.25. The first kappa shape index (κ1) is 25.1. The van der Waals surface area contributed by atoms with Crippen LogP contribution in [0.15, 0.2) is 46.8 Å². The van der Waals surface area contributed by atoms with E-state index in [2.05, 4.69) is 33.1 Å². The Morgan fingerprint density at radius 1 is 1.13 bits per heavy atom. The lowest BCUT2D eigenvalue weighted by Gasteiger charge is -2.26. The number of thiophene rings is 1. The summed E-state index contributed by atoms with van der Waals surface area (Å²) in [6.07, 6.45) is 0.937. The summed E-state index contributed by atoms with van der Waals surface area (Å²) in [5.74, 6) is 0.697. The first-order valence-corrected chi connectivity index (χ1v) is 12.2. The predicted octanol–water partition coefficient (Wildman–Crippen LogP) is 2.44. The second-order valence-electron chi connectivity index (χ2n) is 6.72. The largest absolute Gasteiger partial charge is 0.379 e. The van der Waals surface area contributed by atoms with Crippen molar-refractivity contribution in [2.24, 2.45) is 4.99 Å². The Kier molecular flexibility index (Phi) is 10.5. The summed E-state index contributed by atoms with van der Waals surface area (Å²) >= 11 is 1.74. The minimum Gasteiger partial charge on any atom is -0.379 e. The molecule has 166 valence electrons. The molecule has 3 rings (SSSR count). The van der Waals surface area contributed by atoms with Crippen molar-refractivity contribution in [3.63, 3.8) is 0 Å². The molecule has 0 amide bonds. The SMILES string of the molecule is CN=C(NCCc1cccs1)NCc1ccccc1CS(=O)(=O)N1CCOCC1.I. The van der Waals surface area contributed by atoms with Crippen LogP contribution in [0.5, 0.6) is 0 Å². The van der Waals surface area contributed by atoms with Gasteiger partial charge in [0.05, 0.1) is 19.0 Å². The lowest BCUT2D eigenvalue weighted by Crippen LogP contribution is -2.41. The van der Waals surface area contributed by atoms with Crippen LogP contribution in [-0.4, -0.2) is 58.6 Å². The van der Waals surface area contributed by atoms with E-state index >= 15 is 0 Å². The van der Waals surface area contributed by atoms with Crippen LogP contribution in [0.25, 0.3) is 0 Å². The zero-order valence-corrected chi connectivity index (χ0v) is 21.0. The van der Waals surface area contributed by atoms with E-state index in [1.54, 1.807) is 18.4 Å². The molecule has 1 aliphatic heterocycles. The molecule has 1 aromatic heterocycles. The van der Waals surface area contributed by atoms with Gasteiger partial charge in [-0.1, -0.05) is 30.3 Å². The number of morpholine rings is 1. The van der Waals surface area contributed by atoms with Crippen molar-refractivity contribution < 1.29 is 13.2 Å². The van der Waals surface area contributed by atoms with Crippen molar-refractivity contribution in [2.45, 2.75) is 18.7 Å². The van der Waals surface area contributed by atoms with E-state index < -0.39 is 10.0 Å². The number of halogens is 1. The molecule has 2 N–H and O–H groups in total. The molecule has 30 heavy (non-hydrogen) atoms. The number of rotatable bonds is 8. The summed E-state index contributed by atoms with van der Waals surface area (Å²) in [7, 11) is -1.63. The van der Waals surface area contributed by atoms with E-state index in [1.807, 2.05) is 24.3 Å². The normalized spacial score (nSPS) is 15.4. The van der Waals surface area contributed by atoms with Gasteiger partial charge in [0, 0.05) is 38.1 Å². The molecule has 10 heteroatoms. The number of hydrogen-bond donors (Lipinski definition) is 2. The molecule has 0 aliphatic carbocycles. The van der Waals surface area contributed by atoms with Gasteiger partial charge < -0.3 is 15.4 Å². The van der Waals surface area contributed by atoms with E-state index in [0.29, 0.717) is 38.8 Å². The Labute approximate surface area is 200 Å². The van der Waals surface area contributed by atoms with Gasteiger partial charge in [0.2, 0.25) is 10.0 Å². The Morgan fingerprint density at radius 2 is 1.87 bits per heavy atom. The van der Waals surface area contributed by atoms with Gasteiger partial charge in [-0.15, -0.1) is 35.3 Å². The average molecular weight is 565 g/mol. The number of aliphatic imine (C=N–C) groups is 1. The number of guanidine groups is 1. The van der Waals surface area contributed by atoms with Gasteiger partial charge in [-0.05, 0) is 29.0 Å². The molecule has 7 nitrogen and oxygen atoms in total. The fourth-order valence-electron chi connectivity index (χ4n) is 3.14. The molecule has 0 atom stereocenters. The van der Waals surface area contributed by atoms with Crippen molar-refractivity contribution in [1.29, 1.82) is 0 Å². The van der Waals surface area contributed by atoms with Gasteiger partial charge in [0.15, 0.2) is 5.96 Å². The molecule has 2 heterocycles. The fraction of sp³-hybridized carbons (Fsp3) is 0.450. The van der Waals surface area contributed by atoms with Crippen molar-refractivity contribution >= 4 is 51.3 Å². The molecule has 0 radical (unpaired) electrons. The Hall–Kier alpha value is -1.21. The highest BCUT2D eigenvalue weighted by Crippen LogP contribution is 2.16. The maximum Gasteiger partial charge on any atom is 0.218 e. The quantitative estimate of drug-likeness (QED) is 0.293. The van der Waals surface area contributed by atoms with Crippen molar-refractivity contribution in [3.05, 3.63) is 57.8 Å². The molecule has 0 spiro atoms. The molecule has 2 aromatic rings. The molecule has 1 fully saturated rings. The smallest absolute Gasteiger partial charge is 0.218 e. The topological polar surface area (TPSA) is 83.0 Å². The van der Waals surface area contributed by atoms with Crippen LogP contribution >= 0.6 is 35.3 Å². The van der Waals surface area contributed by atoms with Crippen molar-refractivity contribution in [3.8, 4) is 0 Å². The van der Waals surface area contributed by atoms with Crippen LogP contribution in [0.3, 0.4) is 0 Å². The third-order valence-electron chi connectivity index (χ3n) is 4.73. The van der Waals surface area contributed by atoms with Crippen LogP contribution in [0, 0.1) is 0 Å². The lowest BCUT2D eigenvalue weighted by atomic mass is 10.1. The molecule has 1 aromatic carbocycles. The second-order valence-corrected chi connectivity index (χ2v) is 9.72. The van der Waals surface area contributed by atoms with Gasteiger partial charge in [-0.3, -0.25) is 4.99 Å². The van der Waals surface area contributed by atoms with Crippen LogP contribution < -0.4 is 10.6 Å². The third-order valence-corrected chi connectivity index (χ3v) is 7.50. The molecular weight excluding hydrogens is 535 g/mol. The van der Waals surface area contributed by atoms with E-state index in [9.17, 15) is 8.42 Å². The summed E-state index contributed by atoms with van der Waals surface area (Å²) in [6.45, 7) is 3.04. The molecular formula is C20H29IN4O3S2. The Balaban J connectivity index is 0.00000320. The maximum atomic E-state index is 12.8. The minimum atomic E-state index is -3.36. The number of ether oxygens (including phenoxy) is 1. The van der Waals surface area contributed by atoms with Crippen LogP contribution in [0.1, 0.15) is 16.0 Å². The van der Waals surface area contributed by atoms with Gasteiger partial charge >= 0.3 is 0 Å². The number of nitrogens with one attached hydrogen (secondary N) is 2. The molecule has 1 saturated heterocycles. The summed E-state index contributed by atoms with van der Waals surface area (Å²) in [5.41, 5.74) is 1.76. The summed E-state index contributed by atoms with van der Waals surface area (Å²) < 4.78 is 32.3. The van der Waals surface area contributed by atoms with Gasteiger partial charge in [-0.25, -0.2) is 8.42 Å². The number of hydrogen-bond acceptors (Lipinski definition) is 5. The molecule has 0 unspecified atom stereocenters. The number of sulfonamides is 1. The van der Waals surface area contributed by atoms with Crippen LogP contribution in [0.2, 0.25) is 0 Å². The van der Waals surface area contributed by atoms with Crippen LogP contribution in [0.4, 0.5) is 0 Å². The van der Waals surface area contributed by atoms with Crippen molar-refractivity contribution in [2.75, 3.05) is 39.9 Å². The zero-order chi connectivity index (χ0) is 20.5. The highest BCUT2D eigenvalue weighted by molar-refractivity contribution is 14.0. The maximum absolute atomic E-state index is 12.8. The first-order valence-electron chi connectivity index (χ1n) is 9.68. The summed E-state index contributed by atoms with van der Waals surface area (Å²) in [5, 5.41) is 8.66. The van der Waals surface area contributed by atoms with Crippen LogP contribution in [-0.2, 0) is 33.5 Å². The lowest BCUT2D eigenvalue weighted by molar-refractivity contribution is 0.0729.